The van der Waals surface area contributed by atoms with Crippen molar-refractivity contribution < 1.29 is 18.1 Å². The van der Waals surface area contributed by atoms with Crippen LogP contribution in [0.25, 0.3) is 6.08 Å². The fraction of sp³-hybridized carbons (Fsp3) is 0.125. The summed E-state index contributed by atoms with van der Waals surface area (Å²) in [6, 6.07) is 12.6. The SMILES string of the molecule is COc1ccc(CS(=O)(=O)C=Cc2ccccc2[N+](=O)[O-])cc1. The van der Waals surface area contributed by atoms with Gasteiger partial charge in [0.05, 0.1) is 23.3 Å². The number of benzene rings is 2. The zero-order valence-corrected chi connectivity index (χ0v) is 13.2. The first-order valence-corrected chi connectivity index (χ1v) is 8.40. The molecule has 0 unspecified atom stereocenters. The summed E-state index contributed by atoms with van der Waals surface area (Å²) >= 11 is 0. The van der Waals surface area contributed by atoms with Crippen LogP contribution in [0.1, 0.15) is 11.1 Å². The quantitative estimate of drug-likeness (QED) is 0.598. The highest BCUT2D eigenvalue weighted by Crippen LogP contribution is 2.20. The van der Waals surface area contributed by atoms with Crippen molar-refractivity contribution >= 4 is 21.6 Å². The molecule has 23 heavy (non-hydrogen) atoms. The molecule has 6 nitrogen and oxygen atoms in total. The number of sulfone groups is 1. The smallest absolute Gasteiger partial charge is 0.276 e. The van der Waals surface area contributed by atoms with Crippen LogP contribution in [-0.2, 0) is 15.6 Å². The molecule has 0 saturated carbocycles. The molecule has 0 spiro atoms. The lowest BCUT2D eigenvalue weighted by Gasteiger charge is -2.03. The summed E-state index contributed by atoms with van der Waals surface area (Å²) in [4.78, 5) is 10.4. The Morgan fingerprint density at radius 2 is 1.78 bits per heavy atom. The molecule has 120 valence electrons. The second-order valence-electron chi connectivity index (χ2n) is 4.77. The van der Waals surface area contributed by atoms with Gasteiger partial charge in [-0.05, 0) is 29.8 Å². The maximum atomic E-state index is 12.1. The van der Waals surface area contributed by atoms with Gasteiger partial charge in [-0.2, -0.15) is 0 Å². The average Bonchev–Trinajstić information content (AvgIpc) is 2.53. The molecule has 0 bridgehead atoms. The molecule has 2 rings (SSSR count). The molecule has 0 aromatic heterocycles. The number of nitrogens with zero attached hydrogens (tertiary/aromatic N) is 1. The van der Waals surface area contributed by atoms with Crippen molar-refractivity contribution in [3.63, 3.8) is 0 Å². The van der Waals surface area contributed by atoms with Crippen molar-refractivity contribution in [2.24, 2.45) is 0 Å². The number of rotatable bonds is 6. The van der Waals surface area contributed by atoms with Gasteiger partial charge >= 0.3 is 0 Å². The number of nitro benzene ring substituents is 1. The van der Waals surface area contributed by atoms with Crippen molar-refractivity contribution in [1.82, 2.24) is 0 Å². The maximum Gasteiger partial charge on any atom is 0.276 e. The van der Waals surface area contributed by atoms with Gasteiger partial charge in [0.2, 0.25) is 0 Å². The zero-order valence-electron chi connectivity index (χ0n) is 12.4. The lowest BCUT2D eigenvalue weighted by molar-refractivity contribution is -0.385. The number of methoxy groups -OCH3 is 1. The normalized spacial score (nSPS) is 11.5. The van der Waals surface area contributed by atoms with E-state index in [1.54, 1.807) is 30.3 Å². The Bertz CT molecular complexity index is 826. The molecular weight excluding hydrogens is 318 g/mol. The fourth-order valence-corrected chi connectivity index (χ4v) is 3.08. The third kappa shape index (κ3) is 4.65. The topological polar surface area (TPSA) is 86.5 Å². The van der Waals surface area contributed by atoms with Crippen LogP contribution >= 0.6 is 0 Å². The van der Waals surface area contributed by atoms with Crippen LogP contribution in [0.4, 0.5) is 5.69 Å². The minimum absolute atomic E-state index is 0.136. The van der Waals surface area contributed by atoms with Crippen LogP contribution < -0.4 is 4.74 Å². The Morgan fingerprint density at radius 3 is 2.39 bits per heavy atom. The Kier molecular flexibility index (Phi) is 5.13. The number of hydrogen-bond donors (Lipinski definition) is 0. The summed E-state index contributed by atoms with van der Waals surface area (Å²) in [5.74, 6) is 0.454. The molecule has 0 N–H and O–H groups in total. The van der Waals surface area contributed by atoms with E-state index in [9.17, 15) is 18.5 Å². The van der Waals surface area contributed by atoms with Gasteiger partial charge in [0, 0.05) is 11.5 Å². The summed E-state index contributed by atoms with van der Waals surface area (Å²) in [7, 11) is -2.01. The van der Waals surface area contributed by atoms with Gasteiger partial charge in [-0.3, -0.25) is 10.1 Å². The monoisotopic (exact) mass is 333 g/mol. The van der Waals surface area contributed by atoms with Crippen LogP contribution in [0.5, 0.6) is 5.75 Å². The van der Waals surface area contributed by atoms with E-state index in [0.29, 0.717) is 11.3 Å². The first-order chi connectivity index (χ1) is 10.9. The van der Waals surface area contributed by atoms with E-state index in [1.807, 2.05) is 0 Å². The molecule has 0 radical (unpaired) electrons. The summed E-state index contributed by atoms with van der Waals surface area (Å²) in [5, 5.41) is 11.9. The molecule has 0 aliphatic carbocycles. The second kappa shape index (κ2) is 7.06. The lowest BCUT2D eigenvalue weighted by Crippen LogP contribution is -2.00. The highest BCUT2D eigenvalue weighted by Gasteiger charge is 2.12. The molecule has 0 amide bonds. The third-order valence-electron chi connectivity index (χ3n) is 3.12. The molecule has 0 fully saturated rings. The largest absolute Gasteiger partial charge is 0.497 e. The standard InChI is InChI=1S/C16H15NO5S/c1-22-15-8-6-13(7-9-15)12-23(20,21)11-10-14-4-2-3-5-16(14)17(18)19/h2-11H,12H2,1H3. The fourth-order valence-electron chi connectivity index (χ4n) is 1.97. The third-order valence-corrected chi connectivity index (χ3v) is 4.40. The second-order valence-corrected chi connectivity index (χ2v) is 6.66. The Hall–Kier alpha value is -2.67. The molecule has 0 aliphatic heterocycles. The van der Waals surface area contributed by atoms with Crippen molar-refractivity contribution in [3.05, 3.63) is 75.2 Å². The van der Waals surface area contributed by atoms with Crippen LogP contribution in [-0.4, -0.2) is 20.5 Å². The van der Waals surface area contributed by atoms with E-state index in [4.69, 9.17) is 4.74 Å². The molecule has 2 aromatic carbocycles. The van der Waals surface area contributed by atoms with Gasteiger partial charge < -0.3 is 4.74 Å². The number of hydrogen-bond acceptors (Lipinski definition) is 5. The molecule has 0 saturated heterocycles. The van der Waals surface area contributed by atoms with Gasteiger partial charge in [0.15, 0.2) is 9.84 Å². The van der Waals surface area contributed by atoms with E-state index in [2.05, 4.69) is 0 Å². The Morgan fingerprint density at radius 1 is 1.13 bits per heavy atom. The Labute approximate surface area is 134 Å². The van der Waals surface area contributed by atoms with Gasteiger partial charge in [-0.1, -0.05) is 24.3 Å². The number of nitro groups is 1. The van der Waals surface area contributed by atoms with Crippen LogP contribution in [0.2, 0.25) is 0 Å². The zero-order chi connectivity index (χ0) is 16.9. The van der Waals surface area contributed by atoms with Crippen LogP contribution in [0, 0.1) is 10.1 Å². The Balaban J connectivity index is 2.19. The van der Waals surface area contributed by atoms with Crippen molar-refractivity contribution in [3.8, 4) is 5.75 Å². The predicted octanol–water partition coefficient (Wildman–Crippen LogP) is 3.19. The van der Waals surface area contributed by atoms with Gasteiger partial charge in [-0.15, -0.1) is 0 Å². The molecule has 2 aromatic rings. The summed E-state index contributed by atoms with van der Waals surface area (Å²) < 4.78 is 29.3. The average molecular weight is 333 g/mol. The van der Waals surface area contributed by atoms with Gasteiger partial charge in [-0.25, -0.2) is 8.42 Å². The minimum Gasteiger partial charge on any atom is -0.497 e. The highest BCUT2D eigenvalue weighted by atomic mass is 32.2. The first-order valence-electron chi connectivity index (χ1n) is 6.68. The van der Waals surface area contributed by atoms with Crippen LogP contribution in [0.3, 0.4) is 0 Å². The van der Waals surface area contributed by atoms with E-state index in [1.165, 1.54) is 31.4 Å². The number of para-hydroxylation sites is 1. The van der Waals surface area contributed by atoms with E-state index >= 15 is 0 Å². The molecule has 7 heteroatoms. The molecule has 0 heterocycles. The minimum atomic E-state index is -3.54. The van der Waals surface area contributed by atoms with E-state index < -0.39 is 14.8 Å². The molecular formula is C16H15NO5S. The summed E-state index contributed by atoms with van der Waals surface area (Å²) in [6.45, 7) is 0. The predicted molar refractivity (Wildman–Crippen MR) is 87.7 cm³/mol. The first kappa shape index (κ1) is 16.7. The molecule has 0 aliphatic rings. The van der Waals surface area contributed by atoms with Crippen molar-refractivity contribution in [2.45, 2.75) is 5.75 Å². The van der Waals surface area contributed by atoms with E-state index in [0.717, 1.165) is 5.41 Å². The summed E-state index contributed by atoms with van der Waals surface area (Å²) in [6.07, 6.45) is 1.25. The number of ether oxygens (including phenoxy) is 1. The van der Waals surface area contributed by atoms with Crippen molar-refractivity contribution in [2.75, 3.05) is 7.11 Å². The van der Waals surface area contributed by atoms with Gasteiger partial charge in [0.25, 0.3) is 5.69 Å². The van der Waals surface area contributed by atoms with Gasteiger partial charge in [0.1, 0.15) is 5.75 Å². The van der Waals surface area contributed by atoms with Crippen LogP contribution in [0.15, 0.2) is 53.9 Å². The van der Waals surface area contributed by atoms with E-state index in [-0.39, 0.29) is 17.0 Å². The molecule has 0 atom stereocenters. The van der Waals surface area contributed by atoms with Crippen molar-refractivity contribution in [1.29, 1.82) is 0 Å². The lowest BCUT2D eigenvalue weighted by atomic mass is 10.2. The summed E-state index contributed by atoms with van der Waals surface area (Å²) in [5.41, 5.74) is 0.720. The maximum absolute atomic E-state index is 12.1. The highest BCUT2D eigenvalue weighted by molar-refractivity contribution is 7.93.